The summed E-state index contributed by atoms with van der Waals surface area (Å²) >= 11 is 0. The summed E-state index contributed by atoms with van der Waals surface area (Å²) in [6, 6.07) is 0. The minimum Gasteiger partial charge on any atom is -0.255 e. The molecule has 0 aliphatic rings. The van der Waals surface area contributed by atoms with Gasteiger partial charge in [-0.3, -0.25) is 5.21 Å². The fraction of sp³-hybridized carbons (Fsp3) is 0.500. The largest absolute Gasteiger partial charge is 0.255 e. The van der Waals surface area contributed by atoms with Crippen molar-refractivity contribution in [3.63, 3.8) is 0 Å². The molecule has 0 radical (unpaired) electrons. The van der Waals surface area contributed by atoms with Gasteiger partial charge in [0.15, 0.2) is 0 Å². The molecule has 1 N–H and O–H groups in total. The van der Waals surface area contributed by atoms with Gasteiger partial charge in [-0.1, -0.05) is 5.23 Å². The Morgan fingerprint density at radius 3 is 2.50 bits per heavy atom. The van der Waals surface area contributed by atoms with E-state index in [4.69, 9.17) is 10.5 Å². The molecule has 0 bridgehead atoms. The number of hydrogen-bond acceptors (Lipinski definition) is 4. The van der Waals surface area contributed by atoms with Gasteiger partial charge in [0, 0.05) is 0 Å². The summed E-state index contributed by atoms with van der Waals surface area (Å²) in [5.74, 6) is 0. The third kappa shape index (κ3) is 1.52. The molecule has 0 unspecified atom stereocenters. The fourth-order valence-electron chi connectivity index (χ4n) is 0.0408. The van der Waals surface area contributed by atoms with Crippen LogP contribution in [0.4, 0.5) is 0 Å². The van der Waals surface area contributed by atoms with E-state index < -0.39 is 0 Å². The lowest BCUT2D eigenvalue weighted by Gasteiger charge is -1.96. The van der Waals surface area contributed by atoms with Crippen LogP contribution in [0.15, 0.2) is 0 Å². The average molecular weight is 88.1 g/mol. The average Bonchev–Trinajstić information content (AvgIpc) is 1.65. The number of hydroxylamine groups is 2. The molecule has 4 nitrogen and oxygen atoms in total. The molecule has 0 rings (SSSR count). The van der Waals surface area contributed by atoms with Crippen LogP contribution in [0.5, 0.6) is 0 Å². The minimum atomic E-state index is 0.0556. The van der Waals surface area contributed by atoms with Crippen molar-refractivity contribution in [1.82, 2.24) is 5.23 Å². The van der Waals surface area contributed by atoms with Crippen LogP contribution in [-0.2, 0) is 4.84 Å². The first-order chi connectivity index (χ1) is 2.81. The van der Waals surface area contributed by atoms with Crippen LogP contribution in [0.1, 0.15) is 0 Å². The second-order valence-electron chi connectivity index (χ2n) is 0.556. The molecule has 0 amide bonds. The van der Waals surface area contributed by atoms with Gasteiger partial charge in [0.05, 0.1) is 7.11 Å². The lowest BCUT2D eigenvalue weighted by atomic mass is 11.4. The van der Waals surface area contributed by atoms with Crippen molar-refractivity contribution in [1.29, 1.82) is 5.26 Å². The molecule has 0 saturated heterocycles. The smallest absolute Gasteiger partial charge is 0.234 e. The first-order valence-corrected chi connectivity index (χ1v) is 1.24. The number of nitrogens with zero attached hydrogens (tertiary/aromatic N) is 2. The van der Waals surface area contributed by atoms with Crippen LogP contribution in [-0.4, -0.2) is 17.5 Å². The zero-order valence-electron chi connectivity index (χ0n) is 3.25. The lowest BCUT2D eigenvalue weighted by molar-refractivity contribution is -0.280. The van der Waals surface area contributed by atoms with Gasteiger partial charge in [0.25, 0.3) is 0 Å². The van der Waals surface area contributed by atoms with E-state index >= 15 is 0 Å². The summed E-state index contributed by atoms with van der Waals surface area (Å²) in [6.45, 7) is 0. The number of nitriles is 1. The molecule has 6 heavy (non-hydrogen) atoms. The second-order valence-corrected chi connectivity index (χ2v) is 0.556. The van der Waals surface area contributed by atoms with Crippen molar-refractivity contribution in [3.8, 4) is 6.19 Å². The highest BCUT2D eigenvalue weighted by molar-refractivity contribution is 4.50. The highest BCUT2D eigenvalue weighted by Crippen LogP contribution is 1.68. The Morgan fingerprint density at radius 2 is 2.50 bits per heavy atom. The van der Waals surface area contributed by atoms with E-state index in [2.05, 4.69) is 4.84 Å². The maximum Gasteiger partial charge on any atom is 0.234 e. The van der Waals surface area contributed by atoms with Crippen LogP contribution >= 0.6 is 0 Å². The second kappa shape index (κ2) is 2.45. The monoisotopic (exact) mass is 88.0 g/mol. The van der Waals surface area contributed by atoms with Crippen LogP contribution in [0.3, 0.4) is 0 Å². The van der Waals surface area contributed by atoms with E-state index in [1.54, 1.807) is 0 Å². The standard InChI is InChI=1S/C2H4N2O2/c1-6-4(5)2-3/h5H,1H3. The van der Waals surface area contributed by atoms with Gasteiger partial charge in [-0.2, -0.15) is 5.26 Å². The Bertz CT molecular complexity index is 66.4. The molecule has 0 aliphatic heterocycles. The van der Waals surface area contributed by atoms with E-state index in [0.29, 0.717) is 0 Å². The molecule has 0 atom stereocenters. The summed E-state index contributed by atoms with van der Waals surface area (Å²) < 4.78 is 0. The quantitative estimate of drug-likeness (QED) is 0.272. The maximum atomic E-state index is 7.92. The van der Waals surface area contributed by atoms with Gasteiger partial charge in [0.1, 0.15) is 0 Å². The highest BCUT2D eigenvalue weighted by Gasteiger charge is 1.82. The maximum absolute atomic E-state index is 7.92. The van der Waals surface area contributed by atoms with Crippen molar-refractivity contribution in [2.45, 2.75) is 0 Å². The van der Waals surface area contributed by atoms with Crippen molar-refractivity contribution >= 4 is 0 Å². The SMILES string of the molecule is CON(O)C#N. The molecule has 0 spiro atoms. The first-order valence-electron chi connectivity index (χ1n) is 1.24. The van der Waals surface area contributed by atoms with E-state index in [1.807, 2.05) is 0 Å². The molecule has 0 saturated carbocycles. The molecular weight excluding hydrogens is 84.0 g/mol. The Hall–Kier alpha value is -0.790. The Morgan fingerprint density at radius 1 is 2.00 bits per heavy atom. The lowest BCUT2D eigenvalue weighted by Crippen LogP contribution is -2.08. The van der Waals surface area contributed by atoms with Gasteiger partial charge in [-0.25, -0.2) is 4.84 Å². The minimum absolute atomic E-state index is 0.0556. The topological polar surface area (TPSA) is 56.5 Å². The van der Waals surface area contributed by atoms with Gasteiger partial charge in [-0.05, 0) is 0 Å². The van der Waals surface area contributed by atoms with Crippen molar-refractivity contribution in [3.05, 3.63) is 0 Å². The molecule has 0 aromatic heterocycles. The zero-order chi connectivity index (χ0) is 4.99. The van der Waals surface area contributed by atoms with Crippen LogP contribution in [0, 0.1) is 11.5 Å². The van der Waals surface area contributed by atoms with Crippen molar-refractivity contribution < 1.29 is 10.0 Å². The van der Waals surface area contributed by atoms with Gasteiger partial charge < -0.3 is 0 Å². The van der Waals surface area contributed by atoms with E-state index in [-0.39, 0.29) is 5.23 Å². The summed E-state index contributed by atoms with van der Waals surface area (Å²) in [6.07, 6.45) is 1.28. The molecular formula is C2H4N2O2. The first kappa shape index (κ1) is 5.21. The summed E-state index contributed by atoms with van der Waals surface area (Å²) in [4.78, 5) is 3.93. The molecule has 0 aromatic carbocycles. The number of hydrogen-bond donors (Lipinski definition) is 1. The van der Waals surface area contributed by atoms with Gasteiger partial charge >= 0.3 is 0 Å². The van der Waals surface area contributed by atoms with Gasteiger partial charge in [-0.15, -0.1) is 0 Å². The van der Waals surface area contributed by atoms with Crippen LogP contribution in [0.2, 0.25) is 0 Å². The molecule has 0 heterocycles. The van der Waals surface area contributed by atoms with E-state index in [9.17, 15) is 0 Å². The summed E-state index contributed by atoms with van der Waals surface area (Å²) in [5.41, 5.74) is 0. The molecule has 34 valence electrons. The van der Waals surface area contributed by atoms with Crippen LogP contribution < -0.4 is 0 Å². The Kier molecular flexibility index (Phi) is 2.13. The van der Waals surface area contributed by atoms with Gasteiger partial charge in [0.2, 0.25) is 6.19 Å². The van der Waals surface area contributed by atoms with Crippen molar-refractivity contribution in [2.24, 2.45) is 0 Å². The molecule has 4 heteroatoms. The highest BCUT2D eigenvalue weighted by atomic mass is 16.9. The van der Waals surface area contributed by atoms with E-state index in [1.165, 1.54) is 13.3 Å². The van der Waals surface area contributed by atoms with Crippen LogP contribution in [0.25, 0.3) is 0 Å². The Labute approximate surface area is 35.1 Å². The summed E-state index contributed by atoms with van der Waals surface area (Å²) in [5, 5.41) is 15.6. The third-order valence-corrected chi connectivity index (χ3v) is 0.258. The fourth-order valence-corrected chi connectivity index (χ4v) is 0.0408. The zero-order valence-corrected chi connectivity index (χ0v) is 3.25. The predicted molar refractivity (Wildman–Crippen MR) is 16.2 cm³/mol. The third-order valence-electron chi connectivity index (χ3n) is 0.258. The van der Waals surface area contributed by atoms with Crippen molar-refractivity contribution in [2.75, 3.05) is 7.11 Å². The molecule has 0 aliphatic carbocycles. The predicted octanol–water partition coefficient (Wildman–Crippen LogP) is -0.280. The molecule has 0 aromatic rings. The normalized spacial score (nSPS) is 6.83. The Balaban J connectivity index is 3.04. The summed E-state index contributed by atoms with van der Waals surface area (Å²) in [7, 11) is 1.18. The van der Waals surface area contributed by atoms with E-state index in [0.717, 1.165) is 0 Å². The molecule has 0 fully saturated rings. The number of rotatable bonds is 1.